The molecule has 1 saturated heterocycles. The van der Waals surface area contributed by atoms with Gasteiger partial charge in [0.05, 0.1) is 13.7 Å². The summed E-state index contributed by atoms with van der Waals surface area (Å²) in [5, 5.41) is 7.80. The number of nitrogens with zero attached hydrogens (tertiary/aromatic N) is 4. The molecule has 0 unspecified atom stereocenters. The van der Waals surface area contributed by atoms with Crippen molar-refractivity contribution in [3.8, 4) is 11.8 Å². The zero-order valence-electron chi connectivity index (χ0n) is 12.4. The number of carbonyl (C=O) groups excluding carboxylic acids is 1. The molecule has 0 saturated carbocycles. The van der Waals surface area contributed by atoms with Crippen LogP contribution in [0.1, 0.15) is 6.42 Å². The molecule has 1 aliphatic rings. The number of amides is 1. The van der Waals surface area contributed by atoms with Gasteiger partial charge in [0.15, 0.2) is 0 Å². The Morgan fingerprint density at radius 3 is 2.68 bits per heavy atom. The Labute approximate surface area is 128 Å². The van der Waals surface area contributed by atoms with Crippen LogP contribution in [-0.2, 0) is 11.3 Å². The predicted octanol–water partition coefficient (Wildman–Crippen LogP) is 0.967. The minimum atomic E-state index is -0.0451. The van der Waals surface area contributed by atoms with Gasteiger partial charge < -0.3 is 18.9 Å². The Hall–Kier alpha value is -2.57. The van der Waals surface area contributed by atoms with Crippen molar-refractivity contribution in [2.45, 2.75) is 19.1 Å². The fraction of sp³-hybridized carbons (Fsp3) is 0.400. The van der Waals surface area contributed by atoms with Crippen molar-refractivity contribution >= 4 is 5.91 Å². The first-order valence-corrected chi connectivity index (χ1v) is 7.17. The number of rotatable bonds is 5. The highest BCUT2D eigenvalue weighted by molar-refractivity contribution is 5.76. The molecule has 1 fully saturated rings. The van der Waals surface area contributed by atoms with Crippen LogP contribution >= 0.6 is 0 Å². The van der Waals surface area contributed by atoms with Gasteiger partial charge in [0.25, 0.3) is 0 Å². The third kappa shape index (κ3) is 3.36. The van der Waals surface area contributed by atoms with Crippen LogP contribution in [0.25, 0.3) is 0 Å². The minimum absolute atomic E-state index is 0.0451. The van der Waals surface area contributed by atoms with Gasteiger partial charge in [-0.1, -0.05) is 0 Å². The number of aromatic nitrogens is 3. The lowest BCUT2D eigenvalue weighted by atomic mass is 10.3. The first-order valence-electron chi connectivity index (χ1n) is 7.17. The predicted molar refractivity (Wildman–Crippen MR) is 78.6 cm³/mol. The lowest BCUT2D eigenvalue weighted by Crippen LogP contribution is -2.33. The molecule has 7 nitrogen and oxygen atoms in total. The Kier molecular flexibility index (Phi) is 4.22. The van der Waals surface area contributed by atoms with Crippen LogP contribution in [0.4, 0.5) is 0 Å². The van der Waals surface area contributed by atoms with Gasteiger partial charge in [0, 0.05) is 37.5 Å². The van der Waals surface area contributed by atoms with Crippen molar-refractivity contribution in [1.82, 2.24) is 19.7 Å². The molecule has 2 aromatic heterocycles. The van der Waals surface area contributed by atoms with E-state index in [4.69, 9.17) is 9.47 Å². The van der Waals surface area contributed by atoms with Gasteiger partial charge in [-0.25, -0.2) is 0 Å². The molecule has 7 heteroatoms. The van der Waals surface area contributed by atoms with Gasteiger partial charge >= 0.3 is 0 Å². The number of ether oxygens (including phenoxy) is 2. The van der Waals surface area contributed by atoms with Crippen LogP contribution in [0.2, 0.25) is 0 Å². The SMILES string of the molecule is COc1ccc(O[C@H]2CCN(C(=O)Cn3cccc3)C2)nn1. The molecular formula is C15H18N4O3. The largest absolute Gasteiger partial charge is 0.480 e. The smallest absolute Gasteiger partial charge is 0.242 e. The van der Waals surface area contributed by atoms with E-state index in [2.05, 4.69) is 10.2 Å². The standard InChI is InChI=1S/C15H18N4O3/c1-21-13-4-5-14(17-16-13)22-12-6-9-19(10-12)15(20)11-18-7-2-3-8-18/h2-5,7-8,12H,6,9-11H2,1H3/t12-/m0/s1. The summed E-state index contributed by atoms with van der Waals surface area (Å²) in [5.41, 5.74) is 0. The number of hydrogen-bond donors (Lipinski definition) is 0. The minimum Gasteiger partial charge on any atom is -0.480 e. The fourth-order valence-corrected chi connectivity index (χ4v) is 2.43. The maximum absolute atomic E-state index is 12.2. The van der Waals surface area contributed by atoms with E-state index >= 15 is 0 Å². The molecule has 0 aromatic carbocycles. The average molecular weight is 302 g/mol. The molecule has 1 aliphatic heterocycles. The van der Waals surface area contributed by atoms with Crippen molar-refractivity contribution in [3.63, 3.8) is 0 Å². The van der Waals surface area contributed by atoms with Gasteiger partial charge in [0.1, 0.15) is 12.6 Å². The summed E-state index contributed by atoms with van der Waals surface area (Å²) >= 11 is 0. The summed E-state index contributed by atoms with van der Waals surface area (Å²) in [4.78, 5) is 14.0. The van der Waals surface area contributed by atoms with Gasteiger partial charge in [-0.15, -0.1) is 10.2 Å². The monoisotopic (exact) mass is 302 g/mol. The molecule has 0 spiro atoms. The van der Waals surface area contributed by atoms with Crippen LogP contribution in [0.15, 0.2) is 36.7 Å². The van der Waals surface area contributed by atoms with E-state index in [0.717, 1.165) is 6.42 Å². The summed E-state index contributed by atoms with van der Waals surface area (Å²) in [6, 6.07) is 7.24. The van der Waals surface area contributed by atoms with E-state index in [-0.39, 0.29) is 12.0 Å². The molecule has 0 bridgehead atoms. The summed E-state index contributed by atoms with van der Waals surface area (Å²) in [7, 11) is 1.54. The van der Waals surface area contributed by atoms with Gasteiger partial charge in [0.2, 0.25) is 17.7 Å². The maximum atomic E-state index is 12.2. The van der Waals surface area contributed by atoms with Crippen molar-refractivity contribution in [1.29, 1.82) is 0 Å². The van der Waals surface area contributed by atoms with E-state index in [9.17, 15) is 4.79 Å². The average Bonchev–Trinajstić information content (AvgIpc) is 3.20. The third-order valence-electron chi connectivity index (χ3n) is 3.59. The molecule has 0 N–H and O–H groups in total. The Morgan fingerprint density at radius 1 is 1.27 bits per heavy atom. The van der Waals surface area contributed by atoms with Crippen molar-refractivity contribution in [3.05, 3.63) is 36.7 Å². The quantitative estimate of drug-likeness (QED) is 0.823. The Balaban J connectivity index is 1.52. The summed E-state index contributed by atoms with van der Waals surface area (Å²) in [6.45, 7) is 1.64. The van der Waals surface area contributed by atoms with Crippen LogP contribution in [0, 0.1) is 0 Å². The number of likely N-dealkylation sites (tertiary alicyclic amines) is 1. The molecular weight excluding hydrogens is 284 g/mol. The van der Waals surface area contributed by atoms with E-state index < -0.39 is 0 Å². The molecule has 1 atom stereocenters. The highest BCUT2D eigenvalue weighted by Gasteiger charge is 2.27. The number of carbonyl (C=O) groups is 1. The number of methoxy groups -OCH3 is 1. The molecule has 2 aromatic rings. The summed E-state index contributed by atoms with van der Waals surface area (Å²) < 4.78 is 12.6. The molecule has 0 aliphatic carbocycles. The van der Waals surface area contributed by atoms with Crippen LogP contribution < -0.4 is 9.47 Å². The van der Waals surface area contributed by atoms with E-state index in [1.165, 1.54) is 7.11 Å². The van der Waals surface area contributed by atoms with Gasteiger partial charge in [-0.05, 0) is 12.1 Å². The zero-order valence-corrected chi connectivity index (χ0v) is 12.4. The van der Waals surface area contributed by atoms with Gasteiger partial charge in [-0.3, -0.25) is 4.79 Å². The first-order chi connectivity index (χ1) is 10.7. The van der Waals surface area contributed by atoms with Crippen molar-refractivity contribution in [2.24, 2.45) is 0 Å². The lowest BCUT2D eigenvalue weighted by Gasteiger charge is -2.17. The molecule has 116 valence electrons. The molecule has 3 heterocycles. The molecule has 0 radical (unpaired) electrons. The summed E-state index contributed by atoms with van der Waals surface area (Å²) in [5.74, 6) is 0.996. The zero-order chi connectivity index (χ0) is 15.4. The lowest BCUT2D eigenvalue weighted by molar-refractivity contribution is -0.131. The van der Waals surface area contributed by atoms with E-state index in [0.29, 0.717) is 31.4 Å². The maximum Gasteiger partial charge on any atom is 0.242 e. The molecule has 3 rings (SSSR count). The van der Waals surface area contributed by atoms with Crippen LogP contribution in [0.5, 0.6) is 11.8 Å². The third-order valence-corrected chi connectivity index (χ3v) is 3.59. The van der Waals surface area contributed by atoms with Crippen LogP contribution in [-0.4, -0.2) is 51.9 Å². The van der Waals surface area contributed by atoms with Crippen LogP contribution in [0.3, 0.4) is 0 Å². The Bertz CT molecular complexity index is 612. The highest BCUT2D eigenvalue weighted by atomic mass is 16.5. The number of hydrogen-bond acceptors (Lipinski definition) is 5. The first kappa shape index (κ1) is 14.4. The topological polar surface area (TPSA) is 69.5 Å². The highest BCUT2D eigenvalue weighted by Crippen LogP contribution is 2.17. The Morgan fingerprint density at radius 2 is 2.00 bits per heavy atom. The van der Waals surface area contributed by atoms with Crippen molar-refractivity contribution < 1.29 is 14.3 Å². The second kappa shape index (κ2) is 6.46. The second-order valence-electron chi connectivity index (χ2n) is 5.14. The van der Waals surface area contributed by atoms with Crippen molar-refractivity contribution in [2.75, 3.05) is 20.2 Å². The molecule has 1 amide bonds. The molecule has 22 heavy (non-hydrogen) atoms. The normalized spacial score (nSPS) is 17.5. The van der Waals surface area contributed by atoms with E-state index in [1.54, 1.807) is 12.1 Å². The fourth-order valence-electron chi connectivity index (χ4n) is 2.43. The van der Waals surface area contributed by atoms with Gasteiger partial charge in [-0.2, -0.15) is 0 Å². The van der Waals surface area contributed by atoms with E-state index in [1.807, 2.05) is 34.0 Å². The summed E-state index contributed by atoms with van der Waals surface area (Å²) in [6.07, 6.45) is 4.52. The second-order valence-corrected chi connectivity index (χ2v) is 5.14.